The van der Waals surface area contributed by atoms with Gasteiger partial charge >= 0.3 is 0 Å². The largest absolute Gasteiger partial charge is 0.355 e. The molecule has 1 N–H and O–H groups in total. The highest BCUT2D eigenvalue weighted by Crippen LogP contribution is 2.23. The van der Waals surface area contributed by atoms with Gasteiger partial charge in [-0.3, -0.25) is 4.79 Å². The van der Waals surface area contributed by atoms with Gasteiger partial charge in [0.05, 0.1) is 6.33 Å². The molecule has 4 nitrogen and oxygen atoms in total. The first-order valence-electron chi connectivity index (χ1n) is 6.30. The van der Waals surface area contributed by atoms with Crippen molar-refractivity contribution in [2.45, 2.75) is 12.8 Å². The first kappa shape index (κ1) is 12.4. The second-order valence-corrected chi connectivity index (χ2v) is 5.42. The van der Waals surface area contributed by atoms with Crippen LogP contribution in [0.5, 0.6) is 0 Å². The maximum atomic E-state index is 11.6. The predicted octanol–water partition coefficient (Wildman–Crippen LogP) is 2.14. The number of rotatable bonds is 1. The summed E-state index contributed by atoms with van der Waals surface area (Å²) in [6, 6.07) is 8.52. The number of aromatic amines is 1. The van der Waals surface area contributed by atoms with Gasteiger partial charge in [-0.15, -0.1) is 0 Å². The molecule has 1 aromatic carbocycles. The van der Waals surface area contributed by atoms with Gasteiger partial charge in [0.1, 0.15) is 10.3 Å². The van der Waals surface area contributed by atoms with Crippen molar-refractivity contribution in [3.8, 4) is 0 Å². The third-order valence-electron chi connectivity index (χ3n) is 3.50. The molecule has 1 aromatic heterocycles. The lowest BCUT2D eigenvalue weighted by Gasteiger charge is -2.21. The van der Waals surface area contributed by atoms with Gasteiger partial charge in [-0.1, -0.05) is 24.3 Å². The highest BCUT2D eigenvalue weighted by Gasteiger charge is 2.17. The molecule has 2 aromatic rings. The Morgan fingerprint density at radius 2 is 1.79 bits per heavy atom. The highest BCUT2D eigenvalue weighted by molar-refractivity contribution is 9.10. The third-order valence-corrected chi connectivity index (χ3v) is 4.21. The number of H-pyrrole nitrogens is 1. The van der Waals surface area contributed by atoms with Gasteiger partial charge in [-0.05, 0) is 39.9 Å². The van der Waals surface area contributed by atoms with E-state index in [4.69, 9.17) is 0 Å². The van der Waals surface area contributed by atoms with Gasteiger partial charge in [0.15, 0.2) is 0 Å². The fourth-order valence-electron chi connectivity index (χ4n) is 2.47. The maximum Gasteiger partial charge on any atom is 0.267 e. The Bertz CT molecular complexity index is 626. The van der Waals surface area contributed by atoms with Crippen LogP contribution in [0.4, 0.5) is 5.82 Å². The number of benzene rings is 1. The van der Waals surface area contributed by atoms with Crippen molar-refractivity contribution in [2.75, 3.05) is 18.0 Å². The molecule has 1 aliphatic rings. The van der Waals surface area contributed by atoms with E-state index in [2.05, 4.69) is 55.1 Å². The molecule has 0 bridgehead atoms. The van der Waals surface area contributed by atoms with Crippen molar-refractivity contribution in [2.24, 2.45) is 0 Å². The second-order valence-electron chi connectivity index (χ2n) is 4.63. The number of halogens is 1. The van der Waals surface area contributed by atoms with Gasteiger partial charge < -0.3 is 9.88 Å². The number of fused-ring (bicyclic) bond motifs is 1. The molecule has 0 unspecified atom stereocenters. The zero-order valence-corrected chi connectivity index (χ0v) is 12.0. The number of aromatic nitrogens is 2. The molecule has 98 valence electrons. The van der Waals surface area contributed by atoms with E-state index in [1.165, 1.54) is 17.5 Å². The van der Waals surface area contributed by atoms with Gasteiger partial charge in [0, 0.05) is 13.1 Å². The second kappa shape index (κ2) is 5.17. The first-order valence-corrected chi connectivity index (χ1v) is 7.10. The van der Waals surface area contributed by atoms with Crippen LogP contribution in [-0.4, -0.2) is 23.1 Å². The molecule has 1 aliphatic heterocycles. The summed E-state index contributed by atoms with van der Waals surface area (Å²) in [5.74, 6) is 0.733. The summed E-state index contributed by atoms with van der Waals surface area (Å²) >= 11 is 3.33. The van der Waals surface area contributed by atoms with Crippen LogP contribution in [0.2, 0.25) is 0 Å². The minimum Gasteiger partial charge on any atom is -0.355 e. The van der Waals surface area contributed by atoms with Gasteiger partial charge in [0.25, 0.3) is 5.56 Å². The molecule has 3 rings (SSSR count). The van der Waals surface area contributed by atoms with Crippen molar-refractivity contribution < 1.29 is 0 Å². The molecule has 2 heterocycles. The van der Waals surface area contributed by atoms with Crippen LogP contribution in [-0.2, 0) is 12.8 Å². The molecule has 5 heteroatoms. The highest BCUT2D eigenvalue weighted by atomic mass is 79.9. The topological polar surface area (TPSA) is 49.0 Å². The molecule has 0 fully saturated rings. The van der Waals surface area contributed by atoms with E-state index in [1.807, 2.05) is 0 Å². The monoisotopic (exact) mass is 319 g/mol. The lowest BCUT2D eigenvalue weighted by molar-refractivity contribution is 0.783. The Balaban J connectivity index is 1.90. The van der Waals surface area contributed by atoms with E-state index < -0.39 is 0 Å². The Morgan fingerprint density at radius 3 is 2.42 bits per heavy atom. The summed E-state index contributed by atoms with van der Waals surface area (Å²) < 4.78 is 0.515. The Kier molecular flexibility index (Phi) is 3.38. The van der Waals surface area contributed by atoms with Crippen molar-refractivity contribution in [3.05, 3.63) is 56.5 Å². The lowest BCUT2D eigenvalue weighted by atomic mass is 10.0. The number of nitrogens with one attached hydrogen (secondary N) is 1. The van der Waals surface area contributed by atoms with Gasteiger partial charge in [0.2, 0.25) is 0 Å². The van der Waals surface area contributed by atoms with Crippen LogP contribution in [0.25, 0.3) is 0 Å². The van der Waals surface area contributed by atoms with Crippen molar-refractivity contribution in [1.82, 2.24) is 9.97 Å². The number of nitrogens with zero attached hydrogens (tertiary/aromatic N) is 2. The molecule has 0 radical (unpaired) electrons. The molecular formula is C14H14BrN3O. The van der Waals surface area contributed by atoms with Crippen LogP contribution in [0.1, 0.15) is 11.1 Å². The van der Waals surface area contributed by atoms with E-state index >= 15 is 0 Å². The van der Waals surface area contributed by atoms with Crippen LogP contribution in [0.15, 0.2) is 39.9 Å². The summed E-state index contributed by atoms with van der Waals surface area (Å²) in [4.78, 5) is 20.6. The maximum absolute atomic E-state index is 11.6. The number of hydrogen-bond acceptors (Lipinski definition) is 3. The molecule has 0 saturated heterocycles. The molecular weight excluding hydrogens is 306 g/mol. The average Bonchev–Trinajstić information content (AvgIpc) is 2.65. The molecule has 0 atom stereocenters. The molecule has 0 saturated carbocycles. The van der Waals surface area contributed by atoms with Crippen LogP contribution in [0, 0.1) is 0 Å². The van der Waals surface area contributed by atoms with E-state index in [1.54, 1.807) is 0 Å². The molecule has 0 spiro atoms. The van der Waals surface area contributed by atoms with E-state index in [9.17, 15) is 4.79 Å². The predicted molar refractivity (Wildman–Crippen MR) is 78.6 cm³/mol. The fourth-order valence-corrected chi connectivity index (χ4v) is 2.94. The summed E-state index contributed by atoms with van der Waals surface area (Å²) in [6.45, 7) is 1.76. The van der Waals surface area contributed by atoms with Crippen molar-refractivity contribution >= 4 is 21.7 Å². The fraction of sp³-hybridized carbons (Fsp3) is 0.286. The van der Waals surface area contributed by atoms with E-state index in [-0.39, 0.29) is 5.56 Å². The van der Waals surface area contributed by atoms with Crippen molar-refractivity contribution in [3.63, 3.8) is 0 Å². The zero-order chi connectivity index (χ0) is 13.2. The average molecular weight is 320 g/mol. The SMILES string of the molecule is O=c1[nH]cnc(N2CCc3ccccc3CC2)c1Br. The number of anilines is 1. The van der Waals surface area contributed by atoms with Gasteiger partial charge in [-0.25, -0.2) is 4.98 Å². The standard InChI is InChI=1S/C14H14BrN3O/c15-12-13(16-9-17-14(12)19)18-7-5-10-3-1-2-4-11(10)6-8-18/h1-4,9H,5-8H2,(H,16,17,19). The Hall–Kier alpha value is -1.62. The first-order chi connectivity index (χ1) is 9.25. The minimum atomic E-state index is -0.133. The van der Waals surface area contributed by atoms with Gasteiger partial charge in [-0.2, -0.15) is 0 Å². The summed E-state index contributed by atoms with van der Waals surface area (Å²) in [7, 11) is 0. The van der Waals surface area contributed by atoms with Crippen molar-refractivity contribution in [1.29, 1.82) is 0 Å². The van der Waals surface area contributed by atoms with Crippen LogP contribution >= 0.6 is 15.9 Å². The smallest absolute Gasteiger partial charge is 0.267 e. The molecule has 0 amide bonds. The summed E-state index contributed by atoms with van der Waals surface area (Å²) in [5.41, 5.74) is 2.66. The Morgan fingerprint density at radius 1 is 1.16 bits per heavy atom. The minimum absolute atomic E-state index is 0.133. The van der Waals surface area contributed by atoms with E-state index in [0.29, 0.717) is 4.47 Å². The van der Waals surface area contributed by atoms with Crippen LogP contribution < -0.4 is 10.5 Å². The Labute approximate surface area is 119 Å². The van der Waals surface area contributed by atoms with E-state index in [0.717, 1.165) is 31.7 Å². The third kappa shape index (κ3) is 2.42. The van der Waals surface area contributed by atoms with Crippen LogP contribution in [0.3, 0.4) is 0 Å². The summed E-state index contributed by atoms with van der Waals surface area (Å²) in [6.07, 6.45) is 3.43. The summed E-state index contributed by atoms with van der Waals surface area (Å²) in [5, 5.41) is 0. The lowest BCUT2D eigenvalue weighted by Crippen LogP contribution is -2.29. The number of hydrogen-bond donors (Lipinski definition) is 1. The molecule has 19 heavy (non-hydrogen) atoms. The zero-order valence-electron chi connectivity index (χ0n) is 10.4. The quantitative estimate of drug-likeness (QED) is 0.876. The normalized spacial score (nSPS) is 14.9. The molecule has 0 aliphatic carbocycles.